The summed E-state index contributed by atoms with van der Waals surface area (Å²) in [5.74, 6) is 6.68. The molecule has 5 heteroatoms. The molecular weight excluding hydrogens is 240 g/mol. The Kier molecular flexibility index (Phi) is 4.74. The molecule has 1 aliphatic rings. The third-order valence-electron chi connectivity index (χ3n) is 3.87. The van der Waals surface area contributed by atoms with Crippen LogP contribution >= 0.6 is 0 Å². The topological polar surface area (TPSA) is 71.2 Å². The maximum atomic E-state index is 12.4. The highest BCUT2D eigenvalue weighted by molar-refractivity contribution is 5.94. The number of hydrogen-bond donors (Lipinski definition) is 2. The predicted octanol–water partition coefficient (Wildman–Crippen LogP) is 2.02. The summed E-state index contributed by atoms with van der Waals surface area (Å²) in [5.41, 5.74) is 3.12. The van der Waals surface area contributed by atoms with Gasteiger partial charge in [-0.2, -0.15) is 0 Å². The minimum atomic E-state index is 0.0793. The average Bonchev–Trinajstić information content (AvgIpc) is 2.72. The van der Waals surface area contributed by atoms with Gasteiger partial charge in [0.2, 0.25) is 0 Å². The number of anilines is 1. The van der Waals surface area contributed by atoms with Gasteiger partial charge < -0.3 is 10.3 Å². The van der Waals surface area contributed by atoms with Crippen LogP contribution in [-0.4, -0.2) is 28.9 Å². The van der Waals surface area contributed by atoms with Crippen molar-refractivity contribution in [2.45, 2.75) is 32.6 Å². The number of likely N-dealkylation sites (tertiary alicyclic amines) is 1. The van der Waals surface area contributed by atoms with E-state index in [9.17, 15) is 4.79 Å². The molecule has 1 saturated heterocycles. The molecule has 0 aromatic carbocycles. The molecule has 0 aliphatic carbocycles. The second-order valence-electron chi connectivity index (χ2n) is 5.07. The molecule has 2 heterocycles. The maximum Gasteiger partial charge on any atom is 0.254 e. The Bertz CT molecular complexity index is 435. The van der Waals surface area contributed by atoms with Crippen LogP contribution < -0.4 is 11.3 Å². The lowest BCUT2D eigenvalue weighted by atomic mass is 9.98. The summed E-state index contributed by atoms with van der Waals surface area (Å²) in [6.45, 7) is 3.93. The van der Waals surface area contributed by atoms with Crippen LogP contribution in [0.3, 0.4) is 0 Å². The van der Waals surface area contributed by atoms with E-state index >= 15 is 0 Å². The number of hydrogen-bond acceptors (Lipinski definition) is 4. The minimum Gasteiger partial charge on any atom is -0.339 e. The molecule has 2 rings (SSSR count). The number of amides is 1. The first-order valence-corrected chi connectivity index (χ1v) is 6.96. The number of nitrogens with one attached hydrogen (secondary N) is 1. The summed E-state index contributed by atoms with van der Waals surface area (Å²) in [5, 5.41) is 0. The number of nitrogens with two attached hydrogens (primary N) is 1. The molecule has 0 radical (unpaired) electrons. The van der Waals surface area contributed by atoms with E-state index in [1.54, 1.807) is 18.3 Å². The number of aromatic nitrogens is 1. The normalized spacial score (nSPS) is 19.9. The summed E-state index contributed by atoms with van der Waals surface area (Å²) in [6, 6.07) is 3.44. The zero-order valence-electron chi connectivity index (χ0n) is 11.4. The van der Waals surface area contributed by atoms with Gasteiger partial charge in [-0.1, -0.05) is 13.3 Å². The SMILES string of the molecule is CCC1CCCN(C(=O)c2ccnc(NN)c2)CC1. The molecule has 1 amide bonds. The van der Waals surface area contributed by atoms with Gasteiger partial charge in [-0.3, -0.25) is 4.79 Å². The predicted molar refractivity (Wildman–Crippen MR) is 75.6 cm³/mol. The highest BCUT2D eigenvalue weighted by Gasteiger charge is 2.20. The van der Waals surface area contributed by atoms with Crippen LogP contribution in [0.2, 0.25) is 0 Å². The van der Waals surface area contributed by atoms with Gasteiger partial charge in [0.1, 0.15) is 5.82 Å². The maximum absolute atomic E-state index is 12.4. The van der Waals surface area contributed by atoms with Crippen molar-refractivity contribution in [2.24, 2.45) is 11.8 Å². The van der Waals surface area contributed by atoms with Crippen molar-refractivity contribution < 1.29 is 4.79 Å². The first kappa shape index (κ1) is 13.8. The molecule has 0 bridgehead atoms. The van der Waals surface area contributed by atoms with Crippen molar-refractivity contribution >= 4 is 11.7 Å². The number of nitrogens with zero attached hydrogens (tertiary/aromatic N) is 2. The number of carbonyl (C=O) groups excluding carboxylic acids is 1. The second-order valence-corrected chi connectivity index (χ2v) is 5.07. The highest BCUT2D eigenvalue weighted by Crippen LogP contribution is 2.21. The van der Waals surface area contributed by atoms with E-state index in [1.165, 1.54) is 12.8 Å². The summed E-state index contributed by atoms with van der Waals surface area (Å²) in [6.07, 6.45) is 6.24. The van der Waals surface area contributed by atoms with E-state index in [2.05, 4.69) is 17.3 Å². The fourth-order valence-electron chi connectivity index (χ4n) is 2.60. The molecule has 5 nitrogen and oxygen atoms in total. The van der Waals surface area contributed by atoms with Crippen LogP contribution in [-0.2, 0) is 0 Å². The number of hydrazine groups is 1. The molecule has 0 spiro atoms. The van der Waals surface area contributed by atoms with Gasteiger partial charge in [0.25, 0.3) is 5.91 Å². The lowest BCUT2D eigenvalue weighted by Crippen LogP contribution is -2.32. The number of pyridine rings is 1. The molecule has 0 saturated carbocycles. The van der Waals surface area contributed by atoms with Crippen molar-refractivity contribution in [3.63, 3.8) is 0 Å². The van der Waals surface area contributed by atoms with Crippen LogP contribution in [0, 0.1) is 5.92 Å². The Morgan fingerprint density at radius 3 is 3.11 bits per heavy atom. The van der Waals surface area contributed by atoms with E-state index in [0.717, 1.165) is 31.8 Å². The van der Waals surface area contributed by atoms with Crippen LogP contribution in [0.25, 0.3) is 0 Å². The molecule has 1 fully saturated rings. The Morgan fingerprint density at radius 2 is 2.37 bits per heavy atom. The highest BCUT2D eigenvalue weighted by atomic mass is 16.2. The van der Waals surface area contributed by atoms with Gasteiger partial charge in [0.05, 0.1) is 0 Å². The molecule has 1 aromatic heterocycles. The molecule has 1 atom stereocenters. The summed E-state index contributed by atoms with van der Waals surface area (Å²) in [7, 11) is 0. The van der Waals surface area contributed by atoms with Crippen LogP contribution in [0.1, 0.15) is 43.0 Å². The van der Waals surface area contributed by atoms with Gasteiger partial charge in [-0.25, -0.2) is 10.8 Å². The van der Waals surface area contributed by atoms with E-state index in [1.807, 2.05) is 4.90 Å². The standard InChI is InChI=1S/C14H22N4O/c1-2-11-4-3-8-18(9-6-11)14(19)12-5-7-16-13(10-12)17-15/h5,7,10-11H,2-4,6,8-9,15H2,1H3,(H,16,17). The van der Waals surface area contributed by atoms with Gasteiger partial charge >= 0.3 is 0 Å². The smallest absolute Gasteiger partial charge is 0.254 e. The lowest BCUT2D eigenvalue weighted by Gasteiger charge is -2.20. The van der Waals surface area contributed by atoms with Gasteiger partial charge in [0.15, 0.2) is 0 Å². The average molecular weight is 262 g/mol. The molecule has 19 heavy (non-hydrogen) atoms. The van der Waals surface area contributed by atoms with Gasteiger partial charge in [-0.05, 0) is 37.3 Å². The molecular formula is C14H22N4O. The second kappa shape index (κ2) is 6.52. The number of nitrogen functional groups attached to an aromatic ring is 1. The summed E-state index contributed by atoms with van der Waals surface area (Å²) >= 11 is 0. The van der Waals surface area contributed by atoms with Crippen molar-refractivity contribution in [2.75, 3.05) is 18.5 Å². The molecule has 1 aliphatic heterocycles. The van der Waals surface area contributed by atoms with Crippen molar-refractivity contribution in [3.8, 4) is 0 Å². The number of rotatable bonds is 3. The largest absolute Gasteiger partial charge is 0.339 e. The fourth-order valence-corrected chi connectivity index (χ4v) is 2.60. The molecule has 104 valence electrons. The van der Waals surface area contributed by atoms with Crippen LogP contribution in [0.5, 0.6) is 0 Å². The lowest BCUT2D eigenvalue weighted by molar-refractivity contribution is 0.0760. The van der Waals surface area contributed by atoms with E-state index in [-0.39, 0.29) is 5.91 Å². The zero-order valence-corrected chi connectivity index (χ0v) is 11.4. The monoisotopic (exact) mass is 262 g/mol. The molecule has 1 unspecified atom stereocenters. The first-order chi connectivity index (χ1) is 9.24. The van der Waals surface area contributed by atoms with E-state index in [4.69, 9.17) is 5.84 Å². The van der Waals surface area contributed by atoms with Gasteiger partial charge in [0, 0.05) is 24.8 Å². The van der Waals surface area contributed by atoms with E-state index in [0.29, 0.717) is 11.4 Å². The Hall–Kier alpha value is -1.62. The zero-order chi connectivity index (χ0) is 13.7. The van der Waals surface area contributed by atoms with Crippen molar-refractivity contribution in [1.29, 1.82) is 0 Å². The molecule has 3 N–H and O–H groups in total. The van der Waals surface area contributed by atoms with Crippen molar-refractivity contribution in [1.82, 2.24) is 9.88 Å². The molecule has 1 aromatic rings. The quantitative estimate of drug-likeness (QED) is 0.646. The van der Waals surface area contributed by atoms with Crippen molar-refractivity contribution in [3.05, 3.63) is 23.9 Å². The Labute approximate surface area is 114 Å². The third kappa shape index (κ3) is 3.44. The Balaban J connectivity index is 2.06. The summed E-state index contributed by atoms with van der Waals surface area (Å²) in [4.78, 5) is 18.4. The van der Waals surface area contributed by atoms with E-state index < -0.39 is 0 Å². The first-order valence-electron chi connectivity index (χ1n) is 6.96. The van der Waals surface area contributed by atoms with Crippen LogP contribution in [0.4, 0.5) is 5.82 Å². The minimum absolute atomic E-state index is 0.0793. The summed E-state index contributed by atoms with van der Waals surface area (Å²) < 4.78 is 0. The van der Waals surface area contributed by atoms with Gasteiger partial charge in [-0.15, -0.1) is 0 Å². The fraction of sp³-hybridized carbons (Fsp3) is 0.571. The number of carbonyl (C=O) groups is 1. The van der Waals surface area contributed by atoms with Crippen LogP contribution in [0.15, 0.2) is 18.3 Å². The third-order valence-corrected chi connectivity index (χ3v) is 3.87. The Morgan fingerprint density at radius 1 is 1.53 bits per heavy atom.